The molecule has 8 nitrogen and oxygen atoms in total. The summed E-state index contributed by atoms with van der Waals surface area (Å²) < 4.78 is 17.1. The molecule has 37 heavy (non-hydrogen) atoms. The molecule has 2 aromatic rings. The van der Waals surface area contributed by atoms with Crippen LogP contribution in [0.5, 0.6) is 17.2 Å². The summed E-state index contributed by atoms with van der Waals surface area (Å²) in [6.45, 7) is 8.01. The van der Waals surface area contributed by atoms with Gasteiger partial charge in [-0.25, -0.2) is 0 Å². The molecule has 8 heteroatoms. The Hall–Kier alpha value is -3.52. The molecule has 200 valence electrons. The quantitative estimate of drug-likeness (QED) is 0.255. The van der Waals surface area contributed by atoms with Gasteiger partial charge in [0.25, 0.3) is 11.7 Å². The number of carbonyl (C=O) groups excluding carboxylic acids is 2. The standard InChI is InChI=1S/C29H38N2O6/c1-7-36-24-18-21(10-13-23(24)37-17-14-19(2)3)26-25(27(32)20-8-11-22(35-6)12-9-20)28(33)29(34)31(26)16-15-30(4)5/h8-13,18-19,26,32H,7,14-17H2,1-6H3. The van der Waals surface area contributed by atoms with Gasteiger partial charge >= 0.3 is 0 Å². The second-order valence-electron chi connectivity index (χ2n) is 9.69. The molecule has 0 spiro atoms. The highest BCUT2D eigenvalue weighted by atomic mass is 16.5. The van der Waals surface area contributed by atoms with Crippen LogP contribution in [-0.4, -0.2) is 74.1 Å². The lowest BCUT2D eigenvalue weighted by Crippen LogP contribution is -2.35. The summed E-state index contributed by atoms with van der Waals surface area (Å²) in [5, 5.41) is 11.3. The summed E-state index contributed by atoms with van der Waals surface area (Å²) in [6.07, 6.45) is 0.903. The van der Waals surface area contributed by atoms with Gasteiger partial charge in [-0.2, -0.15) is 0 Å². The van der Waals surface area contributed by atoms with Crippen molar-refractivity contribution in [1.82, 2.24) is 9.80 Å². The second-order valence-corrected chi connectivity index (χ2v) is 9.69. The van der Waals surface area contributed by atoms with Crippen molar-refractivity contribution in [2.45, 2.75) is 33.2 Å². The van der Waals surface area contributed by atoms with Gasteiger partial charge in [0.15, 0.2) is 11.5 Å². The van der Waals surface area contributed by atoms with Crippen molar-refractivity contribution in [1.29, 1.82) is 0 Å². The van der Waals surface area contributed by atoms with Crippen LogP contribution in [0.2, 0.25) is 0 Å². The van der Waals surface area contributed by atoms with Gasteiger partial charge in [-0.1, -0.05) is 19.9 Å². The molecule has 0 radical (unpaired) electrons. The molecule has 0 aromatic heterocycles. The smallest absolute Gasteiger partial charge is 0.295 e. The molecule has 3 rings (SSSR count). The van der Waals surface area contributed by atoms with Gasteiger partial charge in [-0.05, 0) is 75.3 Å². The molecule has 1 aliphatic rings. The lowest BCUT2D eigenvalue weighted by molar-refractivity contribution is -0.140. The molecule has 0 aliphatic carbocycles. The average Bonchev–Trinajstić information content (AvgIpc) is 3.12. The minimum absolute atomic E-state index is 0.0462. The molecule has 1 aliphatic heterocycles. The normalized spacial score (nSPS) is 17.1. The van der Waals surface area contributed by atoms with Gasteiger partial charge in [0.1, 0.15) is 11.5 Å². The highest BCUT2D eigenvalue weighted by Gasteiger charge is 2.46. The van der Waals surface area contributed by atoms with Crippen LogP contribution in [0.25, 0.3) is 5.76 Å². The fourth-order valence-electron chi connectivity index (χ4n) is 4.16. The molecule has 1 unspecified atom stereocenters. The Kier molecular flexibility index (Phi) is 9.58. The van der Waals surface area contributed by atoms with Crippen LogP contribution >= 0.6 is 0 Å². The summed E-state index contributed by atoms with van der Waals surface area (Å²) in [7, 11) is 5.36. The number of methoxy groups -OCH3 is 1. The number of likely N-dealkylation sites (N-methyl/N-ethyl adjacent to an activating group) is 1. The van der Waals surface area contributed by atoms with Crippen LogP contribution in [0, 0.1) is 5.92 Å². The maximum atomic E-state index is 13.3. The van der Waals surface area contributed by atoms with E-state index in [1.807, 2.05) is 32.0 Å². The minimum atomic E-state index is -0.772. The lowest BCUT2D eigenvalue weighted by atomic mass is 9.95. The lowest BCUT2D eigenvalue weighted by Gasteiger charge is -2.27. The van der Waals surface area contributed by atoms with Crippen LogP contribution < -0.4 is 14.2 Å². The third kappa shape index (κ3) is 6.63. The Morgan fingerprint density at radius 2 is 1.76 bits per heavy atom. The van der Waals surface area contributed by atoms with E-state index in [4.69, 9.17) is 14.2 Å². The largest absolute Gasteiger partial charge is 0.507 e. The minimum Gasteiger partial charge on any atom is -0.507 e. The highest BCUT2D eigenvalue weighted by Crippen LogP contribution is 2.42. The molecule has 0 saturated carbocycles. The fraction of sp³-hybridized carbons (Fsp3) is 0.448. The van der Waals surface area contributed by atoms with Gasteiger partial charge in [0.2, 0.25) is 0 Å². The Morgan fingerprint density at radius 3 is 2.35 bits per heavy atom. The summed E-state index contributed by atoms with van der Waals surface area (Å²) in [5.74, 6) is 0.675. The van der Waals surface area contributed by atoms with E-state index in [0.717, 1.165) is 6.42 Å². The Balaban J connectivity index is 2.10. The summed E-state index contributed by atoms with van der Waals surface area (Å²) in [5.41, 5.74) is 1.13. The van der Waals surface area contributed by atoms with E-state index >= 15 is 0 Å². The Bertz CT molecular complexity index is 1120. The van der Waals surface area contributed by atoms with Crippen LogP contribution in [0.15, 0.2) is 48.0 Å². The molecule has 1 amide bonds. The zero-order valence-corrected chi connectivity index (χ0v) is 22.6. The van der Waals surface area contributed by atoms with Crippen LogP contribution in [-0.2, 0) is 9.59 Å². The number of hydrogen-bond donors (Lipinski definition) is 1. The van der Waals surface area contributed by atoms with E-state index in [2.05, 4.69) is 13.8 Å². The maximum absolute atomic E-state index is 13.3. The molecule has 0 bridgehead atoms. The van der Waals surface area contributed by atoms with Crippen molar-refractivity contribution < 1.29 is 28.9 Å². The SMILES string of the molecule is CCOc1cc(C2C(=C(O)c3ccc(OC)cc3)C(=O)C(=O)N2CCN(C)C)ccc1OCCC(C)C. The summed E-state index contributed by atoms with van der Waals surface area (Å²) in [6, 6.07) is 11.4. The zero-order valence-electron chi connectivity index (χ0n) is 22.6. The third-order valence-electron chi connectivity index (χ3n) is 6.23. The molecule has 1 atom stereocenters. The number of rotatable bonds is 12. The molecule has 2 aromatic carbocycles. The second kappa shape index (κ2) is 12.6. The molecular weight excluding hydrogens is 472 g/mol. The van der Waals surface area contributed by atoms with E-state index in [-0.39, 0.29) is 11.3 Å². The first-order valence-corrected chi connectivity index (χ1v) is 12.6. The van der Waals surface area contributed by atoms with Crippen LogP contribution in [0.4, 0.5) is 0 Å². The predicted octanol–water partition coefficient (Wildman–Crippen LogP) is 4.50. The van der Waals surface area contributed by atoms with Crippen molar-refractivity contribution in [2.24, 2.45) is 5.92 Å². The van der Waals surface area contributed by atoms with E-state index in [0.29, 0.717) is 60.6 Å². The van der Waals surface area contributed by atoms with Gasteiger partial charge in [-0.3, -0.25) is 9.59 Å². The highest BCUT2D eigenvalue weighted by molar-refractivity contribution is 6.46. The number of amides is 1. The van der Waals surface area contributed by atoms with Crippen molar-refractivity contribution in [3.8, 4) is 17.2 Å². The monoisotopic (exact) mass is 510 g/mol. The van der Waals surface area contributed by atoms with Crippen molar-refractivity contribution in [3.63, 3.8) is 0 Å². The number of aliphatic hydroxyl groups excluding tert-OH is 1. The van der Waals surface area contributed by atoms with Gasteiger partial charge in [-0.15, -0.1) is 0 Å². The Morgan fingerprint density at radius 1 is 1.05 bits per heavy atom. The van der Waals surface area contributed by atoms with Crippen molar-refractivity contribution >= 4 is 17.4 Å². The van der Waals surface area contributed by atoms with Gasteiger partial charge < -0.3 is 29.1 Å². The number of ketones is 1. The number of hydrogen-bond acceptors (Lipinski definition) is 7. The predicted molar refractivity (Wildman–Crippen MR) is 143 cm³/mol. The first-order chi connectivity index (χ1) is 17.7. The first kappa shape index (κ1) is 28.1. The molecule has 1 saturated heterocycles. The molecular formula is C29H38N2O6. The van der Waals surface area contributed by atoms with Crippen LogP contribution in [0.3, 0.4) is 0 Å². The fourth-order valence-corrected chi connectivity index (χ4v) is 4.16. The molecule has 1 fully saturated rings. The van der Waals surface area contributed by atoms with E-state index in [1.54, 1.807) is 43.5 Å². The van der Waals surface area contributed by atoms with Crippen molar-refractivity contribution in [2.75, 3.05) is 47.5 Å². The molecule has 1 heterocycles. The van der Waals surface area contributed by atoms with E-state index < -0.39 is 17.7 Å². The number of Topliss-reactive ketones (excluding diaryl/α,β-unsaturated/α-hetero) is 1. The number of carbonyl (C=O) groups is 2. The summed E-state index contributed by atoms with van der Waals surface area (Å²) >= 11 is 0. The first-order valence-electron chi connectivity index (χ1n) is 12.6. The number of nitrogens with zero attached hydrogens (tertiary/aromatic N) is 2. The molecule has 1 N–H and O–H groups in total. The Labute approximate surface area is 219 Å². The third-order valence-corrected chi connectivity index (χ3v) is 6.23. The average molecular weight is 511 g/mol. The number of likely N-dealkylation sites (tertiary alicyclic amines) is 1. The van der Waals surface area contributed by atoms with Crippen LogP contribution in [0.1, 0.15) is 44.4 Å². The zero-order chi connectivity index (χ0) is 27.1. The number of benzene rings is 2. The van der Waals surface area contributed by atoms with Crippen molar-refractivity contribution in [3.05, 3.63) is 59.2 Å². The van der Waals surface area contributed by atoms with E-state index in [1.165, 1.54) is 4.90 Å². The number of aliphatic hydroxyl groups is 1. The van der Waals surface area contributed by atoms with E-state index in [9.17, 15) is 14.7 Å². The van der Waals surface area contributed by atoms with Gasteiger partial charge in [0, 0.05) is 18.7 Å². The summed E-state index contributed by atoms with van der Waals surface area (Å²) in [4.78, 5) is 29.9. The number of ether oxygens (including phenoxy) is 3. The van der Waals surface area contributed by atoms with Gasteiger partial charge in [0.05, 0.1) is 31.9 Å². The maximum Gasteiger partial charge on any atom is 0.295 e. The topological polar surface area (TPSA) is 88.5 Å².